The van der Waals surface area contributed by atoms with Gasteiger partial charge >= 0.3 is 7.60 Å². The van der Waals surface area contributed by atoms with Gasteiger partial charge in [-0.2, -0.15) is 5.06 Å². The van der Waals surface area contributed by atoms with Crippen LogP contribution in [0.25, 0.3) is 0 Å². The molecule has 2 rings (SSSR count). The standard InChI is InChI=1S/C22H38NO4P/c1-7-25-28(24,26-8-2)22(17-13-10-14-18-22)23(21(4,5)6)27-19(3)20-15-11-9-12-16-20/h9,11-12,15-16,19H,7-8,10,13-14,17-18H2,1-6H3. The minimum absolute atomic E-state index is 0.170. The van der Waals surface area contributed by atoms with Gasteiger partial charge in [0.2, 0.25) is 0 Å². The molecule has 0 aromatic heterocycles. The lowest BCUT2D eigenvalue weighted by molar-refractivity contribution is -0.283. The van der Waals surface area contributed by atoms with Crippen LogP contribution in [-0.2, 0) is 18.5 Å². The fraction of sp³-hybridized carbons (Fsp3) is 0.727. The van der Waals surface area contributed by atoms with Crippen molar-refractivity contribution in [2.45, 2.75) is 90.6 Å². The molecule has 1 aliphatic carbocycles. The van der Waals surface area contributed by atoms with E-state index in [9.17, 15) is 4.57 Å². The quantitative estimate of drug-likeness (QED) is 0.334. The summed E-state index contributed by atoms with van der Waals surface area (Å²) in [6.07, 6.45) is 4.41. The molecular weight excluding hydrogens is 373 g/mol. The molecule has 1 aromatic rings. The average Bonchev–Trinajstić information content (AvgIpc) is 2.66. The van der Waals surface area contributed by atoms with Crippen molar-refractivity contribution in [3.8, 4) is 0 Å². The Morgan fingerprint density at radius 1 is 1.04 bits per heavy atom. The Hall–Kier alpha value is -0.710. The van der Waals surface area contributed by atoms with Crippen LogP contribution in [0.5, 0.6) is 0 Å². The largest absolute Gasteiger partial charge is 0.353 e. The van der Waals surface area contributed by atoms with Gasteiger partial charge in [-0.1, -0.05) is 49.6 Å². The lowest BCUT2D eigenvalue weighted by Gasteiger charge is -2.53. The number of hydrogen-bond donors (Lipinski definition) is 0. The van der Waals surface area contributed by atoms with Crippen molar-refractivity contribution in [2.24, 2.45) is 0 Å². The number of nitrogens with zero attached hydrogens (tertiary/aromatic N) is 1. The first-order valence-corrected chi connectivity index (χ1v) is 12.2. The first-order valence-electron chi connectivity index (χ1n) is 10.6. The zero-order valence-corrected chi connectivity index (χ0v) is 19.3. The van der Waals surface area contributed by atoms with Gasteiger partial charge in [0, 0.05) is 5.54 Å². The summed E-state index contributed by atoms with van der Waals surface area (Å²) in [5.74, 6) is 0. The molecule has 1 unspecified atom stereocenters. The average molecular weight is 412 g/mol. The molecule has 0 radical (unpaired) electrons. The number of hydroxylamine groups is 2. The maximum Gasteiger partial charge on any atom is 0.353 e. The molecule has 0 spiro atoms. The van der Waals surface area contributed by atoms with Crippen molar-refractivity contribution in [1.29, 1.82) is 0 Å². The van der Waals surface area contributed by atoms with Crippen molar-refractivity contribution >= 4 is 7.60 Å². The van der Waals surface area contributed by atoms with Crippen LogP contribution in [0.1, 0.15) is 85.3 Å². The van der Waals surface area contributed by atoms with E-state index in [4.69, 9.17) is 13.9 Å². The molecule has 1 aromatic carbocycles. The molecule has 28 heavy (non-hydrogen) atoms. The zero-order valence-electron chi connectivity index (χ0n) is 18.4. The topological polar surface area (TPSA) is 48.0 Å². The van der Waals surface area contributed by atoms with E-state index in [2.05, 4.69) is 32.9 Å². The molecule has 0 heterocycles. The van der Waals surface area contributed by atoms with E-state index in [1.165, 1.54) is 0 Å². The van der Waals surface area contributed by atoms with Crippen LogP contribution in [0.3, 0.4) is 0 Å². The van der Waals surface area contributed by atoms with Crippen molar-refractivity contribution in [1.82, 2.24) is 5.06 Å². The van der Waals surface area contributed by atoms with Gasteiger partial charge in [0.15, 0.2) is 0 Å². The van der Waals surface area contributed by atoms with Crippen molar-refractivity contribution in [2.75, 3.05) is 13.2 Å². The van der Waals surface area contributed by atoms with Gasteiger partial charge in [0.1, 0.15) is 11.4 Å². The highest BCUT2D eigenvalue weighted by atomic mass is 31.2. The summed E-state index contributed by atoms with van der Waals surface area (Å²) >= 11 is 0. The van der Waals surface area contributed by atoms with E-state index in [1.54, 1.807) is 0 Å². The van der Waals surface area contributed by atoms with Crippen LogP contribution in [0.2, 0.25) is 0 Å². The summed E-state index contributed by atoms with van der Waals surface area (Å²) in [6.45, 7) is 12.8. The maximum atomic E-state index is 14.1. The molecule has 0 amide bonds. The van der Waals surface area contributed by atoms with Crippen molar-refractivity contribution < 1.29 is 18.5 Å². The Kier molecular flexibility index (Phi) is 8.30. The second kappa shape index (κ2) is 9.86. The Bertz CT molecular complexity index is 628. The number of benzene rings is 1. The second-order valence-corrected chi connectivity index (χ2v) is 10.8. The molecule has 1 aliphatic rings. The first-order chi connectivity index (χ1) is 13.2. The first kappa shape index (κ1) is 23.6. The van der Waals surface area contributed by atoms with E-state index in [1.807, 2.05) is 44.0 Å². The highest BCUT2D eigenvalue weighted by Crippen LogP contribution is 2.67. The van der Waals surface area contributed by atoms with Crippen LogP contribution < -0.4 is 0 Å². The summed E-state index contributed by atoms with van der Waals surface area (Å²) in [7, 11) is -3.43. The third kappa shape index (κ3) is 5.06. The minimum Gasteiger partial charge on any atom is -0.308 e. The predicted octanol–water partition coefficient (Wildman–Crippen LogP) is 6.71. The third-order valence-corrected chi connectivity index (χ3v) is 8.13. The predicted molar refractivity (Wildman–Crippen MR) is 114 cm³/mol. The van der Waals surface area contributed by atoms with Gasteiger partial charge in [0.05, 0.1) is 13.2 Å². The van der Waals surface area contributed by atoms with Gasteiger partial charge in [-0.25, -0.2) is 0 Å². The van der Waals surface area contributed by atoms with Gasteiger partial charge < -0.3 is 9.05 Å². The Balaban J connectivity index is 2.49. The minimum atomic E-state index is -3.43. The fourth-order valence-corrected chi connectivity index (χ4v) is 6.82. The lowest BCUT2D eigenvalue weighted by Crippen LogP contribution is -2.58. The van der Waals surface area contributed by atoms with E-state index in [-0.39, 0.29) is 11.6 Å². The summed E-state index contributed by atoms with van der Waals surface area (Å²) in [5, 5.41) is 1.18. The summed E-state index contributed by atoms with van der Waals surface area (Å²) in [4.78, 5) is 6.58. The van der Waals surface area contributed by atoms with Gasteiger partial charge in [-0.05, 0) is 59.9 Å². The summed E-state index contributed by atoms with van der Waals surface area (Å²) < 4.78 is 25.9. The maximum absolute atomic E-state index is 14.1. The van der Waals surface area contributed by atoms with Gasteiger partial charge in [-0.15, -0.1) is 0 Å². The normalized spacial score (nSPS) is 19.0. The highest BCUT2D eigenvalue weighted by molar-refractivity contribution is 7.55. The molecule has 0 aliphatic heterocycles. The molecule has 0 N–H and O–H groups in total. The van der Waals surface area contributed by atoms with Crippen LogP contribution in [0.15, 0.2) is 30.3 Å². The lowest BCUT2D eigenvalue weighted by atomic mass is 9.91. The fourth-order valence-electron chi connectivity index (χ4n) is 4.15. The van der Waals surface area contributed by atoms with Gasteiger partial charge in [-0.3, -0.25) is 9.40 Å². The van der Waals surface area contributed by atoms with Crippen LogP contribution >= 0.6 is 7.60 Å². The molecule has 0 saturated heterocycles. The zero-order chi connectivity index (χ0) is 20.8. The molecule has 0 bridgehead atoms. The highest BCUT2D eigenvalue weighted by Gasteiger charge is 2.59. The molecule has 1 saturated carbocycles. The third-order valence-electron chi connectivity index (χ3n) is 5.28. The second-order valence-electron chi connectivity index (χ2n) is 8.50. The smallest absolute Gasteiger partial charge is 0.308 e. The van der Waals surface area contributed by atoms with Crippen LogP contribution in [-0.4, -0.2) is 29.1 Å². The molecule has 1 fully saturated rings. The molecule has 5 nitrogen and oxygen atoms in total. The van der Waals surface area contributed by atoms with E-state index < -0.39 is 12.9 Å². The summed E-state index contributed by atoms with van der Waals surface area (Å²) in [5.41, 5.74) is 0.718. The Morgan fingerprint density at radius 3 is 2.04 bits per heavy atom. The Morgan fingerprint density at radius 2 is 1.57 bits per heavy atom. The van der Waals surface area contributed by atoms with Crippen molar-refractivity contribution in [3.05, 3.63) is 35.9 Å². The molecule has 160 valence electrons. The SMILES string of the molecule is CCOP(=O)(OCC)C1(N(OC(C)c2ccccc2)C(C)(C)C)CCCCC1. The van der Waals surface area contributed by atoms with Crippen LogP contribution in [0, 0.1) is 0 Å². The van der Waals surface area contributed by atoms with E-state index in [0.29, 0.717) is 13.2 Å². The van der Waals surface area contributed by atoms with E-state index in [0.717, 1.165) is 37.7 Å². The summed E-state index contributed by atoms with van der Waals surface area (Å²) in [6, 6.07) is 10.1. The van der Waals surface area contributed by atoms with Crippen molar-refractivity contribution in [3.63, 3.8) is 0 Å². The molecule has 6 heteroatoms. The molecular formula is C22H38NO4P. The number of hydrogen-bond acceptors (Lipinski definition) is 5. The van der Waals surface area contributed by atoms with Crippen LogP contribution in [0.4, 0.5) is 0 Å². The van der Waals surface area contributed by atoms with E-state index >= 15 is 0 Å². The van der Waals surface area contributed by atoms with Gasteiger partial charge in [0.25, 0.3) is 0 Å². The number of rotatable bonds is 9. The monoisotopic (exact) mass is 411 g/mol. The Labute approximate surface area is 171 Å². The molecule has 1 atom stereocenters.